The predicted octanol–water partition coefficient (Wildman–Crippen LogP) is 0.430. The summed E-state index contributed by atoms with van der Waals surface area (Å²) in [6.07, 6.45) is 1.30. The number of nitrogens with two attached hydrogens (primary N) is 1. The van der Waals surface area contributed by atoms with E-state index in [1.165, 1.54) is 0 Å². The van der Waals surface area contributed by atoms with Gasteiger partial charge in [-0.05, 0) is 20.3 Å². The summed E-state index contributed by atoms with van der Waals surface area (Å²) < 4.78 is 5.46. The molecule has 1 fully saturated rings. The van der Waals surface area contributed by atoms with E-state index in [2.05, 4.69) is 11.9 Å². The third-order valence-electron chi connectivity index (χ3n) is 2.52. The molecular weight excluding hydrogens is 166 g/mol. The van der Waals surface area contributed by atoms with E-state index in [-0.39, 0.29) is 6.10 Å². The van der Waals surface area contributed by atoms with Gasteiger partial charge >= 0.3 is 0 Å². The van der Waals surface area contributed by atoms with Crippen molar-refractivity contribution in [3.05, 3.63) is 0 Å². The van der Waals surface area contributed by atoms with Crippen molar-refractivity contribution >= 4 is 5.96 Å². The Balaban J connectivity index is 2.55. The highest BCUT2D eigenvalue weighted by Gasteiger charge is 2.28. The van der Waals surface area contributed by atoms with Gasteiger partial charge in [-0.3, -0.25) is 4.99 Å². The lowest BCUT2D eigenvalue weighted by Crippen LogP contribution is -2.45. The molecule has 4 heteroatoms. The van der Waals surface area contributed by atoms with Crippen LogP contribution in [0.15, 0.2) is 4.99 Å². The van der Waals surface area contributed by atoms with Crippen molar-refractivity contribution in [2.24, 2.45) is 10.7 Å². The van der Waals surface area contributed by atoms with Gasteiger partial charge in [-0.25, -0.2) is 0 Å². The van der Waals surface area contributed by atoms with E-state index >= 15 is 0 Å². The molecule has 0 aromatic rings. The molecule has 1 rings (SSSR count). The summed E-state index contributed by atoms with van der Waals surface area (Å²) in [4.78, 5) is 6.18. The monoisotopic (exact) mass is 185 g/mol. The van der Waals surface area contributed by atoms with Gasteiger partial charge in [-0.1, -0.05) is 0 Å². The standard InChI is InChI=1S/C9H19N3O/c1-4-11-9(10)12(3)8-5-6-13-7(8)2/h7-8H,4-6H2,1-3H3,(H2,10,11). The summed E-state index contributed by atoms with van der Waals surface area (Å²) in [6, 6.07) is 0.385. The number of guanidine groups is 1. The van der Waals surface area contributed by atoms with E-state index in [9.17, 15) is 0 Å². The Kier molecular flexibility index (Phi) is 3.54. The molecule has 0 saturated carbocycles. The molecule has 0 spiro atoms. The molecule has 0 aliphatic carbocycles. The van der Waals surface area contributed by atoms with Crippen molar-refractivity contribution in [3.63, 3.8) is 0 Å². The van der Waals surface area contributed by atoms with Crippen molar-refractivity contribution in [2.75, 3.05) is 20.2 Å². The number of ether oxygens (including phenoxy) is 1. The molecule has 1 aliphatic heterocycles. The first-order chi connectivity index (χ1) is 6.16. The Morgan fingerprint density at radius 2 is 2.38 bits per heavy atom. The molecule has 0 radical (unpaired) electrons. The van der Waals surface area contributed by atoms with E-state index in [4.69, 9.17) is 10.5 Å². The highest BCUT2D eigenvalue weighted by molar-refractivity contribution is 5.78. The van der Waals surface area contributed by atoms with Crippen LogP contribution in [0.1, 0.15) is 20.3 Å². The Morgan fingerprint density at radius 1 is 1.69 bits per heavy atom. The SMILES string of the molecule is CCN=C(N)N(C)C1CCOC1C. The lowest BCUT2D eigenvalue weighted by atomic mass is 10.1. The van der Waals surface area contributed by atoms with E-state index in [1.807, 2.05) is 18.9 Å². The van der Waals surface area contributed by atoms with Crippen LogP contribution >= 0.6 is 0 Å². The van der Waals surface area contributed by atoms with Gasteiger partial charge in [0.05, 0.1) is 12.1 Å². The molecular formula is C9H19N3O. The summed E-state index contributed by atoms with van der Waals surface area (Å²) >= 11 is 0. The van der Waals surface area contributed by atoms with Gasteiger partial charge in [-0.15, -0.1) is 0 Å². The van der Waals surface area contributed by atoms with Gasteiger partial charge in [0.15, 0.2) is 5.96 Å². The first-order valence-corrected chi connectivity index (χ1v) is 4.81. The van der Waals surface area contributed by atoms with Gasteiger partial charge in [0.25, 0.3) is 0 Å². The number of rotatable bonds is 2. The minimum atomic E-state index is 0.260. The molecule has 0 bridgehead atoms. The van der Waals surface area contributed by atoms with Crippen LogP contribution in [0.25, 0.3) is 0 Å². The van der Waals surface area contributed by atoms with Crippen LogP contribution < -0.4 is 5.73 Å². The maximum atomic E-state index is 5.79. The van der Waals surface area contributed by atoms with Gasteiger partial charge in [0, 0.05) is 20.2 Å². The summed E-state index contributed by atoms with van der Waals surface area (Å²) in [5.74, 6) is 0.616. The molecule has 0 aromatic heterocycles. The summed E-state index contributed by atoms with van der Waals surface area (Å²) in [7, 11) is 1.98. The molecule has 4 nitrogen and oxygen atoms in total. The van der Waals surface area contributed by atoms with Crippen molar-refractivity contribution < 1.29 is 4.74 Å². The Bertz CT molecular complexity index is 193. The fraction of sp³-hybridized carbons (Fsp3) is 0.889. The molecule has 0 amide bonds. The van der Waals surface area contributed by atoms with Crippen LogP contribution in [0.2, 0.25) is 0 Å². The fourth-order valence-electron chi connectivity index (χ4n) is 1.67. The second kappa shape index (κ2) is 4.46. The normalized spacial score (nSPS) is 29.3. The first-order valence-electron chi connectivity index (χ1n) is 4.81. The zero-order valence-corrected chi connectivity index (χ0v) is 8.66. The van der Waals surface area contributed by atoms with E-state index < -0.39 is 0 Å². The zero-order chi connectivity index (χ0) is 9.84. The van der Waals surface area contributed by atoms with Crippen LogP contribution in [-0.4, -0.2) is 43.2 Å². The molecule has 1 aliphatic rings. The molecule has 0 aromatic carbocycles. The number of likely N-dealkylation sites (N-methyl/N-ethyl adjacent to an activating group) is 1. The molecule has 76 valence electrons. The van der Waals surface area contributed by atoms with E-state index in [0.717, 1.165) is 19.6 Å². The predicted molar refractivity (Wildman–Crippen MR) is 53.7 cm³/mol. The van der Waals surface area contributed by atoms with Crippen molar-refractivity contribution in [2.45, 2.75) is 32.4 Å². The highest BCUT2D eigenvalue weighted by atomic mass is 16.5. The summed E-state index contributed by atoms with van der Waals surface area (Å²) in [5, 5.41) is 0. The van der Waals surface area contributed by atoms with E-state index in [0.29, 0.717) is 12.0 Å². The second-order valence-corrected chi connectivity index (χ2v) is 3.38. The molecule has 1 heterocycles. The summed E-state index contributed by atoms with van der Waals surface area (Å²) in [6.45, 7) is 5.62. The first kappa shape index (κ1) is 10.3. The van der Waals surface area contributed by atoms with E-state index in [1.54, 1.807) is 0 Å². The Morgan fingerprint density at radius 3 is 2.85 bits per heavy atom. The number of hydrogen-bond donors (Lipinski definition) is 1. The minimum Gasteiger partial charge on any atom is -0.376 e. The van der Waals surface area contributed by atoms with Crippen LogP contribution in [0, 0.1) is 0 Å². The lowest BCUT2D eigenvalue weighted by Gasteiger charge is -2.27. The van der Waals surface area contributed by atoms with Gasteiger partial charge in [0.2, 0.25) is 0 Å². The number of aliphatic imine (C=N–C) groups is 1. The maximum absolute atomic E-state index is 5.79. The molecule has 1 saturated heterocycles. The van der Waals surface area contributed by atoms with Crippen molar-refractivity contribution in [3.8, 4) is 0 Å². The van der Waals surface area contributed by atoms with Crippen molar-refractivity contribution in [1.29, 1.82) is 0 Å². The quantitative estimate of drug-likeness (QED) is 0.501. The molecule has 2 unspecified atom stereocenters. The number of nitrogens with zero attached hydrogens (tertiary/aromatic N) is 2. The topological polar surface area (TPSA) is 50.8 Å². The maximum Gasteiger partial charge on any atom is 0.191 e. The largest absolute Gasteiger partial charge is 0.376 e. The Labute approximate surface area is 79.8 Å². The van der Waals surface area contributed by atoms with Gasteiger partial charge in [0.1, 0.15) is 0 Å². The smallest absolute Gasteiger partial charge is 0.191 e. The van der Waals surface area contributed by atoms with Crippen LogP contribution in [0.3, 0.4) is 0 Å². The fourth-order valence-corrected chi connectivity index (χ4v) is 1.67. The molecule has 2 atom stereocenters. The van der Waals surface area contributed by atoms with Crippen LogP contribution in [0.5, 0.6) is 0 Å². The average Bonchev–Trinajstić information content (AvgIpc) is 2.50. The third kappa shape index (κ3) is 2.34. The lowest BCUT2D eigenvalue weighted by molar-refractivity contribution is 0.0996. The van der Waals surface area contributed by atoms with Gasteiger partial charge < -0.3 is 15.4 Å². The highest BCUT2D eigenvalue weighted by Crippen LogP contribution is 2.17. The van der Waals surface area contributed by atoms with Crippen LogP contribution in [0.4, 0.5) is 0 Å². The molecule has 13 heavy (non-hydrogen) atoms. The Hall–Kier alpha value is -0.770. The van der Waals surface area contributed by atoms with Crippen LogP contribution in [-0.2, 0) is 4.74 Å². The minimum absolute atomic E-state index is 0.260. The summed E-state index contributed by atoms with van der Waals surface area (Å²) in [5.41, 5.74) is 5.79. The second-order valence-electron chi connectivity index (χ2n) is 3.38. The third-order valence-corrected chi connectivity index (χ3v) is 2.52. The average molecular weight is 185 g/mol. The van der Waals surface area contributed by atoms with Gasteiger partial charge in [-0.2, -0.15) is 0 Å². The molecule has 2 N–H and O–H groups in total. The van der Waals surface area contributed by atoms with Crippen molar-refractivity contribution in [1.82, 2.24) is 4.90 Å². The zero-order valence-electron chi connectivity index (χ0n) is 8.66. The number of hydrogen-bond acceptors (Lipinski definition) is 2.